The fraction of sp³-hybridized carbons (Fsp3) is 0.571. The van der Waals surface area contributed by atoms with Gasteiger partial charge in [0.15, 0.2) is 0 Å². The number of aliphatic carboxylic acids is 1. The average molecular weight is 200 g/mol. The predicted molar refractivity (Wildman–Crippen MR) is 37.0 cm³/mol. The molecule has 0 aromatic carbocycles. The summed E-state index contributed by atoms with van der Waals surface area (Å²) in [5.41, 5.74) is -0.813. The summed E-state index contributed by atoms with van der Waals surface area (Å²) in [5, 5.41) is 8.16. The van der Waals surface area contributed by atoms with Crippen molar-refractivity contribution < 1.29 is 27.5 Å². The molecule has 0 heterocycles. The number of hydrogen-bond acceptors (Lipinski definition) is 1. The quantitative estimate of drug-likeness (QED) is 0.560. The van der Waals surface area contributed by atoms with Crippen LogP contribution < -0.4 is 0 Å². The zero-order valence-corrected chi connectivity index (χ0v) is 6.94. The van der Waals surface area contributed by atoms with Gasteiger partial charge in [0.1, 0.15) is 0 Å². The van der Waals surface area contributed by atoms with E-state index in [2.05, 4.69) is 0 Å². The Kier molecular flexibility index (Phi) is 3.08. The fourth-order valence-electron chi connectivity index (χ4n) is 0.460. The molecule has 0 bridgehead atoms. The van der Waals surface area contributed by atoms with Crippen LogP contribution >= 0.6 is 0 Å². The van der Waals surface area contributed by atoms with E-state index < -0.39 is 23.4 Å². The summed E-state index contributed by atoms with van der Waals surface area (Å²) >= 11 is 0. The third-order valence-corrected chi connectivity index (χ3v) is 1.32. The van der Waals surface area contributed by atoms with Gasteiger partial charge < -0.3 is 5.11 Å². The number of alkyl halides is 4. The third kappa shape index (κ3) is 3.04. The van der Waals surface area contributed by atoms with Gasteiger partial charge in [0, 0.05) is 18.6 Å². The molecular weight excluding hydrogens is 192 g/mol. The second-order valence-corrected chi connectivity index (χ2v) is 2.64. The Balaban J connectivity index is 4.89. The number of carbonyl (C=O) groups is 1. The molecule has 0 atom stereocenters. The van der Waals surface area contributed by atoms with Crippen LogP contribution in [0.5, 0.6) is 0 Å². The van der Waals surface area contributed by atoms with Crippen LogP contribution in [0, 0.1) is 0 Å². The molecule has 0 spiro atoms. The van der Waals surface area contributed by atoms with Gasteiger partial charge in [-0.25, -0.2) is 4.79 Å². The summed E-state index contributed by atoms with van der Waals surface area (Å²) in [6, 6.07) is 0. The van der Waals surface area contributed by atoms with Gasteiger partial charge >= 0.3 is 17.8 Å². The lowest BCUT2D eigenvalue weighted by Gasteiger charge is -2.19. The Morgan fingerprint density at radius 1 is 1.31 bits per heavy atom. The van der Waals surface area contributed by atoms with Crippen LogP contribution in [0.25, 0.3) is 0 Å². The summed E-state index contributed by atoms with van der Waals surface area (Å²) in [6.45, 7) is 0.848. The molecule has 76 valence electrons. The fourth-order valence-corrected chi connectivity index (χ4v) is 0.460. The number of rotatable bonds is 3. The molecule has 13 heavy (non-hydrogen) atoms. The van der Waals surface area contributed by atoms with Crippen LogP contribution in [-0.4, -0.2) is 22.9 Å². The summed E-state index contributed by atoms with van der Waals surface area (Å²) < 4.78 is 49.2. The number of allylic oxidation sites excluding steroid dienone is 1. The van der Waals surface area contributed by atoms with E-state index in [9.17, 15) is 22.4 Å². The van der Waals surface area contributed by atoms with Crippen LogP contribution in [-0.2, 0) is 4.79 Å². The second-order valence-electron chi connectivity index (χ2n) is 2.64. The van der Waals surface area contributed by atoms with E-state index in [1.54, 1.807) is 0 Å². The van der Waals surface area contributed by atoms with Crippen molar-refractivity contribution in [2.24, 2.45) is 0 Å². The molecule has 0 aromatic heterocycles. The van der Waals surface area contributed by atoms with Gasteiger partial charge in [0.2, 0.25) is 0 Å². The van der Waals surface area contributed by atoms with E-state index in [4.69, 9.17) is 5.11 Å². The highest BCUT2D eigenvalue weighted by Crippen LogP contribution is 2.35. The zero-order chi connectivity index (χ0) is 10.9. The summed E-state index contributed by atoms with van der Waals surface area (Å²) in [5.74, 6) is -10.3. The van der Waals surface area contributed by atoms with Crippen molar-refractivity contribution in [1.29, 1.82) is 0 Å². The molecule has 0 fully saturated rings. The highest BCUT2D eigenvalue weighted by atomic mass is 19.3. The number of carboxylic acids is 1. The van der Waals surface area contributed by atoms with Crippen molar-refractivity contribution in [3.63, 3.8) is 0 Å². The lowest BCUT2D eigenvalue weighted by atomic mass is 10.1. The maximum atomic E-state index is 12.5. The smallest absolute Gasteiger partial charge is 0.331 e. The van der Waals surface area contributed by atoms with E-state index in [1.807, 2.05) is 0 Å². The maximum Gasteiger partial charge on any atom is 0.331 e. The maximum absolute atomic E-state index is 12.5. The Morgan fingerprint density at radius 2 is 1.69 bits per heavy atom. The van der Waals surface area contributed by atoms with Gasteiger partial charge in [-0.1, -0.05) is 0 Å². The molecule has 0 aliphatic rings. The largest absolute Gasteiger partial charge is 0.478 e. The molecule has 0 saturated heterocycles. The number of halogens is 4. The predicted octanol–water partition coefficient (Wildman–Crippen LogP) is 2.31. The van der Waals surface area contributed by atoms with Gasteiger partial charge in [-0.05, 0) is 6.92 Å². The van der Waals surface area contributed by atoms with E-state index in [0.29, 0.717) is 0 Å². The second kappa shape index (κ2) is 3.35. The molecule has 0 amide bonds. The molecule has 0 rings (SSSR count). The molecule has 0 saturated carbocycles. The first-order chi connectivity index (χ1) is 5.58. The molecule has 0 unspecified atom stereocenters. The minimum absolute atomic E-state index is 0.0264. The van der Waals surface area contributed by atoms with Crippen LogP contribution in [0.2, 0.25) is 0 Å². The first-order valence-electron chi connectivity index (χ1n) is 3.26. The van der Waals surface area contributed by atoms with Gasteiger partial charge in [0.05, 0.1) is 0 Å². The van der Waals surface area contributed by atoms with Crippen LogP contribution in [0.4, 0.5) is 17.6 Å². The van der Waals surface area contributed by atoms with Gasteiger partial charge in [-0.3, -0.25) is 0 Å². The molecule has 0 aliphatic carbocycles. The molecule has 2 nitrogen and oxygen atoms in total. The van der Waals surface area contributed by atoms with Crippen molar-refractivity contribution in [3.05, 3.63) is 11.6 Å². The minimum Gasteiger partial charge on any atom is -0.478 e. The minimum atomic E-state index is -4.44. The first kappa shape index (κ1) is 11.9. The van der Waals surface area contributed by atoms with Crippen LogP contribution in [0.3, 0.4) is 0 Å². The van der Waals surface area contributed by atoms with Crippen molar-refractivity contribution in [1.82, 2.24) is 0 Å². The van der Waals surface area contributed by atoms with Gasteiger partial charge in [0.25, 0.3) is 0 Å². The molecular formula is C7H8F4O2. The van der Waals surface area contributed by atoms with Gasteiger partial charge in [-0.2, -0.15) is 17.6 Å². The molecule has 0 aromatic rings. The molecule has 6 heteroatoms. The Morgan fingerprint density at radius 3 is 1.92 bits per heavy atom. The van der Waals surface area contributed by atoms with Crippen LogP contribution in [0.1, 0.15) is 13.8 Å². The van der Waals surface area contributed by atoms with E-state index in [0.717, 1.165) is 6.92 Å². The van der Waals surface area contributed by atoms with Crippen molar-refractivity contribution in [2.45, 2.75) is 25.7 Å². The highest BCUT2D eigenvalue weighted by Gasteiger charge is 2.50. The van der Waals surface area contributed by atoms with Crippen molar-refractivity contribution >= 4 is 5.97 Å². The molecule has 0 radical (unpaired) electrons. The standard InChI is InChI=1S/C7H8F4O2/c1-4(5(12)13)3-7(10,11)6(2,8)9/h3H,1-2H3,(H,12,13). The average Bonchev–Trinajstić information content (AvgIpc) is 1.83. The third-order valence-electron chi connectivity index (χ3n) is 1.32. The highest BCUT2D eigenvalue weighted by molar-refractivity contribution is 5.85. The number of hydrogen-bond donors (Lipinski definition) is 1. The molecule has 1 N–H and O–H groups in total. The number of carboxylic acid groups (broad SMARTS) is 1. The summed E-state index contributed by atoms with van der Waals surface area (Å²) in [6.07, 6.45) is -0.255. The normalized spacial score (nSPS) is 14.5. The first-order valence-corrected chi connectivity index (χ1v) is 3.26. The topological polar surface area (TPSA) is 37.3 Å². The Hall–Kier alpha value is -1.07. The van der Waals surface area contributed by atoms with E-state index in [1.165, 1.54) is 0 Å². The Bertz CT molecular complexity index is 239. The molecule has 0 aliphatic heterocycles. The zero-order valence-electron chi connectivity index (χ0n) is 6.94. The van der Waals surface area contributed by atoms with E-state index in [-0.39, 0.29) is 13.0 Å². The summed E-state index contributed by atoms with van der Waals surface area (Å²) in [4.78, 5) is 10.1. The lowest BCUT2D eigenvalue weighted by molar-refractivity contribution is -0.167. The van der Waals surface area contributed by atoms with E-state index >= 15 is 0 Å². The van der Waals surface area contributed by atoms with Crippen molar-refractivity contribution in [3.8, 4) is 0 Å². The van der Waals surface area contributed by atoms with Crippen molar-refractivity contribution in [2.75, 3.05) is 0 Å². The van der Waals surface area contributed by atoms with Gasteiger partial charge in [-0.15, -0.1) is 0 Å². The summed E-state index contributed by atoms with van der Waals surface area (Å²) in [7, 11) is 0. The van der Waals surface area contributed by atoms with Crippen LogP contribution in [0.15, 0.2) is 11.6 Å². The lowest BCUT2D eigenvalue weighted by Crippen LogP contribution is -2.36. The Labute approximate surface area is 71.9 Å². The monoisotopic (exact) mass is 200 g/mol. The SMILES string of the molecule is CC(=CC(F)(F)C(C)(F)F)C(=O)O.